The van der Waals surface area contributed by atoms with E-state index in [4.69, 9.17) is 9.47 Å². The maximum atomic E-state index is 5.28. The molecule has 0 aliphatic rings. The van der Waals surface area contributed by atoms with Crippen LogP contribution in [0.3, 0.4) is 0 Å². The molecule has 0 aliphatic heterocycles. The number of hydrogen-bond acceptors (Lipinski definition) is 6. The summed E-state index contributed by atoms with van der Waals surface area (Å²) in [5.74, 6) is 1.37. The van der Waals surface area contributed by atoms with E-state index in [0.29, 0.717) is 11.5 Å². The number of benzene rings is 2. The zero-order chi connectivity index (χ0) is 16.2. The Kier molecular flexibility index (Phi) is 4.43. The van der Waals surface area contributed by atoms with Crippen LogP contribution in [0.5, 0.6) is 11.5 Å². The van der Waals surface area contributed by atoms with Gasteiger partial charge in [0.15, 0.2) is 11.5 Å². The lowest BCUT2D eigenvalue weighted by molar-refractivity contribution is 0.355. The molecule has 3 rings (SSSR count). The van der Waals surface area contributed by atoms with Gasteiger partial charge in [-0.25, -0.2) is 4.98 Å². The molecule has 23 heavy (non-hydrogen) atoms. The predicted molar refractivity (Wildman–Crippen MR) is 95.1 cm³/mol. The molecule has 3 aromatic rings. The van der Waals surface area contributed by atoms with Gasteiger partial charge in [-0.15, -0.1) is 0 Å². The van der Waals surface area contributed by atoms with E-state index in [2.05, 4.69) is 34.6 Å². The molecule has 0 unspecified atom stereocenters. The smallest absolute Gasteiger partial charge is 0.204 e. The minimum atomic E-state index is 0.673. The highest BCUT2D eigenvalue weighted by atomic mass is 32.1. The summed E-state index contributed by atoms with van der Waals surface area (Å²) in [7, 11) is 3.22. The van der Waals surface area contributed by atoms with Crippen molar-refractivity contribution < 1.29 is 9.47 Å². The predicted octanol–water partition coefficient (Wildman–Crippen LogP) is 4.07. The van der Waals surface area contributed by atoms with Crippen LogP contribution in [0.2, 0.25) is 0 Å². The summed E-state index contributed by atoms with van der Waals surface area (Å²) >= 11 is 1.58. The van der Waals surface area contributed by atoms with Gasteiger partial charge < -0.3 is 9.47 Å². The minimum Gasteiger partial charge on any atom is -0.493 e. The molecule has 0 saturated heterocycles. The summed E-state index contributed by atoms with van der Waals surface area (Å²) in [6.07, 6.45) is 1.72. The zero-order valence-corrected chi connectivity index (χ0v) is 14.0. The number of anilines is 1. The molecular formula is C17H17N3O2S. The van der Waals surface area contributed by atoms with Gasteiger partial charge >= 0.3 is 0 Å². The van der Waals surface area contributed by atoms with Crippen molar-refractivity contribution in [3.63, 3.8) is 0 Å². The molecule has 0 radical (unpaired) electrons. The van der Waals surface area contributed by atoms with E-state index in [-0.39, 0.29) is 0 Å². The van der Waals surface area contributed by atoms with Gasteiger partial charge in [0.05, 0.1) is 30.7 Å². The van der Waals surface area contributed by atoms with Gasteiger partial charge in [0.2, 0.25) is 5.13 Å². The number of fused-ring (bicyclic) bond motifs is 1. The number of hydrogen-bond donors (Lipinski definition) is 1. The number of ether oxygens (including phenoxy) is 2. The second kappa shape index (κ2) is 6.66. The molecule has 0 fully saturated rings. The van der Waals surface area contributed by atoms with Crippen LogP contribution in [-0.4, -0.2) is 25.4 Å². The fourth-order valence-corrected chi connectivity index (χ4v) is 3.09. The van der Waals surface area contributed by atoms with Crippen LogP contribution in [-0.2, 0) is 0 Å². The van der Waals surface area contributed by atoms with Crippen molar-refractivity contribution in [2.45, 2.75) is 6.92 Å². The normalized spacial score (nSPS) is 11.1. The fraction of sp³-hybridized carbons (Fsp3) is 0.176. The average molecular weight is 327 g/mol. The van der Waals surface area contributed by atoms with Crippen molar-refractivity contribution >= 4 is 32.9 Å². The van der Waals surface area contributed by atoms with Gasteiger partial charge in [-0.05, 0) is 48.4 Å². The first-order valence-electron chi connectivity index (χ1n) is 7.08. The maximum Gasteiger partial charge on any atom is 0.204 e. The molecule has 0 spiro atoms. The highest BCUT2D eigenvalue weighted by Crippen LogP contribution is 2.28. The SMILES string of the molecule is COc1ccc(/C=N\Nc2nc3ccc(C)cc3s2)cc1OC. The molecule has 0 amide bonds. The lowest BCUT2D eigenvalue weighted by Gasteiger charge is -2.07. The van der Waals surface area contributed by atoms with Crippen LogP contribution in [0, 0.1) is 6.92 Å². The number of nitrogens with zero attached hydrogens (tertiary/aromatic N) is 2. The van der Waals surface area contributed by atoms with Crippen LogP contribution in [0.4, 0.5) is 5.13 Å². The summed E-state index contributed by atoms with van der Waals surface area (Å²) in [6, 6.07) is 11.8. The molecular weight excluding hydrogens is 310 g/mol. The van der Waals surface area contributed by atoms with Gasteiger partial charge in [-0.1, -0.05) is 17.4 Å². The lowest BCUT2D eigenvalue weighted by Crippen LogP contribution is -1.93. The first kappa shape index (κ1) is 15.3. The molecule has 0 saturated carbocycles. The van der Waals surface area contributed by atoms with Gasteiger partial charge in [0, 0.05) is 0 Å². The Morgan fingerprint density at radius 1 is 1.09 bits per heavy atom. The molecule has 118 valence electrons. The highest BCUT2D eigenvalue weighted by molar-refractivity contribution is 7.22. The molecule has 5 nitrogen and oxygen atoms in total. The van der Waals surface area contributed by atoms with E-state index in [9.17, 15) is 0 Å². The van der Waals surface area contributed by atoms with Crippen molar-refractivity contribution in [2.75, 3.05) is 19.6 Å². The van der Waals surface area contributed by atoms with Crippen molar-refractivity contribution in [2.24, 2.45) is 5.10 Å². The van der Waals surface area contributed by atoms with Crippen molar-refractivity contribution in [1.29, 1.82) is 0 Å². The number of methoxy groups -OCH3 is 2. The van der Waals surface area contributed by atoms with Gasteiger partial charge in [-0.2, -0.15) is 5.10 Å². The molecule has 1 heterocycles. The fourth-order valence-electron chi connectivity index (χ4n) is 2.17. The van der Waals surface area contributed by atoms with E-state index >= 15 is 0 Å². The average Bonchev–Trinajstić information content (AvgIpc) is 2.96. The first-order valence-corrected chi connectivity index (χ1v) is 7.89. The second-order valence-electron chi connectivity index (χ2n) is 4.97. The molecule has 1 aromatic heterocycles. The van der Waals surface area contributed by atoms with Crippen LogP contribution >= 0.6 is 11.3 Å². The number of thiazole rings is 1. The van der Waals surface area contributed by atoms with Gasteiger partial charge in [-0.3, -0.25) is 5.43 Å². The second-order valence-corrected chi connectivity index (χ2v) is 6.01. The van der Waals surface area contributed by atoms with Crippen LogP contribution in [0.25, 0.3) is 10.2 Å². The van der Waals surface area contributed by atoms with Crippen LogP contribution in [0.1, 0.15) is 11.1 Å². The summed E-state index contributed by atoms with van der Waals surface area (Å²) < 4.78 is 11.6. The summed E-state index contributed by atoms with van der Waals surface area (Å²) in [5, 5.41) is 5.00. The first-order chi connectivity index (χ1) is 11.2. The third-order valence-electron chi connectivity index (χ3n) is 3.33. The number of rotatable bonds is 5. The molecule has 0 atom stereocenters. The van der Waals surface area contributed by atoms with Crippen molar-refractivity contribution in [3.8, 4) is 11.5 Å². The van der Waals surface area contributed by atoms with Crippen LogP contribution < -0.4 is 14.9 Å². The number of nitrogens with one attached hydrogen (secondary N) is 1. The van der Waals surface area contributed by atoms with E-state index in [1.807, 2.05) is 24.3 Å². The number of aromatic nitrogens is 1. The monoisotopic (exact) mass is 327 g/mol. The Morgan fingerprint density at radius 2 is 1.91 bits per heavy atom. The van der Waals surface area contributed by atoms with Crippen molar-refractivity contribution in [3.05, 3.63) is 47.5 Å². The standard InChI is InChI=1S/C17H17N3O2S/c1-11-4-6-13-16(8-11)23-17(19-13)20-18-10-12-5-7-14(21-2)15(9-12)22-3/h4-10H,1-3H3,(H,19,20)/b18-10-. The summed E-state index contributed by atoms with van der Waals surface area (Å²) in [4.78, 5) is 4.50. The van der Waals surface area contributed by atoms with Crippen molar-refractivity contribution in [1.82, 2.24) is 4.98 Å². The zero-order valence-electron chi connectivity index (χ0n) is 13.2. The third-order valence-corrected chi connectivity index (χ3v) is 4.25. The minimum absolute atomic E-state index is 0.673. The molecule has 0 bridgehead atoms. The lowest BCUT2D eigenvalue weighted by atomic mass is 10.2. The Morgan fingerprint density at radius 3 is 2.70 bits per heavy atom. The topological polar surface area (TPSA) is 55.7 Å². The van der Waals surface area contributed by atoms with Crippen LogP contribution in [0.15, 0.2) is 41.5 Å². The molecule has 1 N–H and O–H groups in total. The molecule has 2 aromatic carbocycles. The van der Waals surface area contributed by atoms with Gasteiger partial charge in [0.25, 0.3) is 0 Å². The quantitative estimate of drug-likeness (QED) is 0.567. The van der Waals surface area contributed by atoms with E-state index in [0.717, 1.165) is 20.9 Å². The van der Waals surface area contributed by atoms with Gasteiger partial charge in [0.1, 0.15) is 0 Å². The highest BCUT2D eigenvalue weighted by Gasteiger charge is 2.04. The van der Waals surface area contributed by atoms with E-state index in [1.54, 1.807) is 31.8 Å². The number of hydrazone groups is 1. The third kappa shape index (κ3) is 3.43. The molecule has 6 heteroatoms. The van der Waals surface area contributed by atoms with E-state index in [1.165, 1.54) is 5.56 Å². The largest absolute Gasteiger partial charge is 0.493 e. The maximum absolute atomic E-state index is 5.28. The summed E-state index contributed by atoms with van der Waals surface area (Å²) in [6.45, 7) is 2.07. The Bertz CT molecular complexity index is 858. The molecule has 0 aliphatic carbocycles. The Hall–Kier alpha value is -2.60. The Labute approximate surface area is 138 Å². The number of aryl methyl sites for hydroxylation is 1. The Balaban J connectivity index is 1.74. The summed E-state index contributed by atoms with van der Waals surface area (Å²) in [5.41, 5.74) is 6.08. The van der Waals surface area contributed by atoms with E-state index < -0.39 is 0 Å².